The van der Waals surface area contributed by atoms with Crippen LogP contribution in [0.2, 0.25) is 0 Å². The molecule has 20 heavy (non-hydrogen) atoms. The molecule has 0 saturated heterocycles. The monoisotopic (exact) mass is 269 g/mol. The molecule has 0 bridgehead atoms. The summed E-state index contributed by atoms with van der Waals surface area (Å²) in [4.78, 5) is 10.5. The highest BCUT2D eigenvalue weighted by molar-refractivity contribution is 5.96. The van der Waals surface area contributed by atoms with Gasteiger partial charge in [-0.1, -0.05) is 17.7 Å². The maximum atomic E-state index is 13.9. The van der Waals surface area contributed by atoms with Crippen LogP contribution in [0.1, 0.15) is 5.56 Å². The molecule has 1 heterocycles. The Balaban J connectivity index is 2.18. The van der Waals surface area contributed by atoms with Crippen LogP contribution in [0.15, 0.2) is 36.4 Å². The van der Waals surface area contributed by atoms with Gasteiger partial charge in [-0.15, -0.1) is 0 Å². The molecule has 100 valence electrons. The minimum absolute atomic E-state index is 0.275. The van der Waals surface area contributed by atoms with Crippen LogP contribution in [-0.4, -0.2) is 16.6 Å². The van der Waals surface area contributed by atoms with Crippen molar-refractivity contribution < 1.29 is 9.18 Å². The summed E-state index contributed by atoms with van der Waals surface area (Å²) in [5, 5.41) is 10.1. The standard InChI is InChI=1S/C15H12FN3O/c1-9-2-4-13(16)11(6-9)10-3-5-14-12(7-10)15(17-8-20)19-18-14/h2-8H,1H3,(H2,17,18,19,20). The third-order valence-electron chi connectivity index (χ3n) is 3.19. The number of fused-ring (bicyclic) bond motifs is 1. The second kappa shape index (κ2) is 4.77. The molecule has 0 aliphatic carbocycles. The van der Waals surface area contributed by atoms with Gasteiger partial charge in [0.05, 0.1) is 5.52 Å². The quantitative estimate of drug-likeness (QED) is 0.717. The van der Waals surface area contributed by atoms with E-state index in [2.05, 4.69) is 15.5 Å². The summed E-state index contributed by atoms with van der Waals surface area (Å²) in [7, 11) is 0. The van der Waals surface area contributed by atoms with Crippen LogP contribution in [0.4, 0.5) is 10.2 Å². The van der Waals surface area contributed by atoms with E-state index in [1.807, 2.05) is 25.1 Å². The lowest BCUT2D eigenvalue weighted by atomic mass is 10.0. The van der Waals surface area contributed by atoms with E-state index < -0.39 is 0 Å². The number of aromatic nitrogens is 2. The first-order valence-corrected chi connectivity index (χ1v) is 6.14. The SMILES string of the molecule is Cc1ccc(F)c(-c2ccc3[nH]nc(NC=O)c3c2)c1. The fraction of sp³-hybridized carbons (Fsp3) is 0.0667. The van der Waals surface area contributed by atoms with Crippen molar-refractivity contribution in [1.82, 2.24) is 10.2 Å². The number of aryl methyl sites for hydroxylation is 1. The summed E-state index contributed by atoms with van der Waals surface area (Å²) in [6.45, 7) is 1.92. The van der Waals surface area contributed by atoms with Gasteiger partial charge in [0.25, 0.3) is 0 Å². The van der Waals surface area contributed by atoms with Gasteiger partial charge in [-0.05, 0) is 36.8 Å². The molecule has 3 aromatic rings. The average molecular weight is 269 g/mol. The number of hydrogen-bond donors (Lipinski definition) is 2. The predicted octanol–water partition coefficient (Wildman–Crippen LogP) is 3.25. The Kier molecular flexibility index (Phi) is 2.95. The van der Waals surface area contributed by atoms with E-state index in [0.29, 0.717) is 17.8 Å². The van der Waals surface area contributed by atoms with E-state index in [9.17, 15) is 9.18 Å². The summed E-state index contributed by atoms with van der Waals surface area (Å²) in [6.07, 6.45) is 0.565. The first-order valence-electron chi connectivity index (χ1n) is 6.14. The van der Waals surface area contributed by atoms with Crippen molar-refractivity contribution in [3.63, 3.8) is 0 Å². The molecular formula is C15H12FN3O. The van der Waals surface area contributed by atoms with Gasteiger partial charge >= 0.3 is 0 Å². The molecule has 0 aliphatic rings. The lowest BCUT2D eigenvalue weighted by Gasteiger charge is -2.05. The van der Waals surface area contributed by atoms with Crippen molar-refractivity contribution in [3.05, 3.63) is 47.8 Å². The number of benzene rings is 2. The smallest absolute Gasteiger partial charge is 0.212 e. The first-order chi connectivity index (χ1) is 9.69. The van der Waals surface area contributed by atoms with Gasteiger partial charge in [0, 0.05) is 10.9 Å². The number of H-pyrrole nitrogens is 1. The number of halogens is 1. The Morgan fingerprint density at radius 1 is 1.25 bits per heavy atom. The van der Waals surface area contributed by atoms with Crippen molar-refractivity contribution >= 4 is 23.1 Å². The van der Waals surface area contributed by atoms with Crippen LogP contribution in [-0.2, 0) is 4.79 Å². The second-order valence-corrected chi connectivity index (χ2v) is 4.58. The zero-order valence-electron chi connectivity index (χ0n) is 10.8. The number of carbonyl (C=O) groups is 1. The zero-order valence-corrected chi connectivity index (χ0v) is 10.8. The molecule has 0 aliphatic heterocycles. The molecule has 0 spiro atoms. The van der Waals surface area contributed by atoms with E-state index in [-0.39, 0.29) is 5.82 Å². The molecule has 1 aromatic heterocycles. The largest absolute Gasteiger partial charge is 0.311 e. The molecule has 5 heteroatoms. The Bertz CT molecular complexity index is 795. The first kappa shape index (κ1) is 12.3. The highest BCUT2D eigenvalue weighted by Gasteiger charge is 2.09. The van der Waals surface area contributed by atoms with Crippen LogP contribution in [0.25, 0.3) is 22.0 Å². The van der Waals surface area contributed by atoms with Crippen LogP contribution in [0, 0.1) is 12.7 Å². The van der Waals surface area contributed by atoms with Crippen LogP contribution in [0.5, 0.6) is 0 Å². The normalized spacial score (nSPS) is 10.7. The molecule has 2 N–H and O–H groups in total. The van der Waals surface area contributed by atoms with E-state index in [1.54, 1.807) is 12.1 Å². The summed E-state index contributed by atoms with van der Waals surface area (Å²) < 4.78 is 13.9. The van der Waals surface area contributed by atoms with Crippen molar-refractivity contribution in [1.29, 1.82) is 0 Å². The third-order valence-corrected chi connectivity index (χ3v) is 3.19. The number of rotatable bonds is 3. The zero-order chi connectivity index (χ0) is 14.1. The second-order valence-electron chi connectivity index (χ2n) is 4.58. The van der Waals surface area contributed by atoms with Crippen LogP contribution in [0.3, 0.4) is 0 Å². The van der Waals surface area contributed by atoms with Gasteiger partial charge in [0.15, 0.2) is 5.82 Å². The molecule has 4 nitrogen and oxygen atoms in total. The molecule has 0 fully saturated rings. The molecule has 1 amide bonds. The number of nitrogens with zero attached hydrogens (tertiary/aromatic N) is 1. The fourth-order valence-electron chi connectivity index (χ4n) is 2.21. The fourth-order valence-corrected chi connectivity index (χ4v) is 2.21. The highest BCUT2D eigenvalue weighted by Crippen LogP contribution is 2.29. The summed E-state index contributed by atoms with van der Waals surface area (Å²) in [6, 6.07) is 10.4. The Morgan fingerprint density at radius 2 is 2.10 bits per heavy atom. The molecular weight excluding hydrogens is 257 g/mol. The Labute approximate surface area is 114 Å². The number of carbonyl (C=O) groups excluding carboxylic acids is 1. The number of anilines is 1. The lowest BCUT2D eigenvalue weighted by molar-refractivity contribution is -0.105. The topological polar surface area (TPSA) is 57.8 Å². The van der Waals surface area contributed by atoms with E-state index in [4.69, 9.17) is 0 Å². The lowest BCUT2D eigenvalue weighted by Crippen LogP contribution is -1.94. The third kappa shape index (κ3) is 2.03. The number of nitrogens with one attached hydrogen (secondary N) is 2. The van der Waals surface area contributed by atoms with Crippen LogP contribution >= 0.6 is 0 Å². The van der Waals surface area contributed by atoms with Gasteiger partial charge in [-0.25, -0.2) is 4.39 Å². The van der Waals surface area contributed by atoms with E-state index in [1.165, 1.54) is 6.07 Å². The number of amides is 1. The van der Waals surface area contributed by atoms with Gasteiger partial charge in [-0.2, -0.15) is 5.10 Å². The highest BCUT2D eigenvalue weighted by atomic mass is 19.1. The molecule has 2 aromatic carbocycles. The number of aromatic amines is 1. The van der Waals surface area contributed by atoms with Gasteiger partial charge in [0.1, 0.15) is 5.82 Å². The average Bonchev–Trinajstić information content (AvgIpc) is 2.84. The molecule has 0 radical (unpaired) electrons. The minimum atomic E-state index is -0.275. The maximum absolute atomic E-state index is 13.9. The predicted molar refractivity (Wildman–Crippen MR) is 75.9 cm³/mol. The van der Waals surface area contributed by atoms with Crippen LogP contribution < -0.4 is 5.32 Å². The summed E-state index contributed by atoms with van der Waals surface area (Å²) in [5.74, 6) is 0.160. The Hall–Kier alpha value is -2.69. The molecule has 0 atom stereocenters. The van der Waals surface area contributed by atoms with Crippen molar-refractivity contribution in [3.8, 4) is 11.1 Å². The molecule has 0 unspecified atom stereocenters. The van der Waals surface area contributed by atoms with Gasteiger partial charge < -0.3 is 5.32 Å². The molecule has 0 saturated carbocycles. The Morgan fingerprint density at radius 3 is 2.90 bits per heavy atom. The molecule has 3 rings (SSSR count). The number of hydrogen-bond acceptors (Lipinski definition) is 2. The van der Waals surface area contributed by atoms with Crippen molar-refractivity contribution in [2.45, 2.75) is 6.92 Å². The van der Waals surface area contributed by atoms with Gasteiger partial charge in [-0.3, -0.25) is 9.89 Å². The maximum Gasteiger partial charge on any atom is 0.212 e. The summed E-state index contributed by atoms with van der Waals surface area (Å²) >= 11 is 0. The van der Waals surface area contributed by atoms with Gasteiger partial charge in [0.2, 0.25) is 6.41 Å². The van der Waals surface area contributed by atoms with Crippen molar-refractivity contribution in [2.24, 2.45) is 0 Å². The van der Waals surface area contributed by atoms with E-state index in [0.717, 1.165) is 22.0 Å². The van der Waals surface area contributed by atoms with E-state index >= 15 is 0 Å². The minimum Gasteiger partial charge on any atom is -0.311 e. The van der Waals surface area contributed by atoms with Crippen molar-refractivity contribution in [2.75, 3.05) is 5.32 Å². The summed E-state index contributed by atoms with van der Waals surface area (Å²) in [5.41, 5.74) is 3.05.